The van der Waals surface area contributed by atoms with Crippen molar-refractivity contribution in [2.24, 2.45) is 5.92 Å². The van der Waals surface area contributed by atoms with Crippen molar-refractivity contribution < 1.29 is 37.9 Å². The van der Waals surface area contributed by atoms with Gasteiger partial charge in [-0.2, -0.15) is 0 Å². The zero-order valence-electron chi connectivity index (χ0n) is 30.8. The molecule has 2 aromatic heterocycles. The van der Waals surface area contributed by atoms with E-state index in [2.05, 4.69) is 20.8 Å². The SMILES string of the molecule is CC(C)C[C@H]1NC(=O)c2ccc(F)cc2OCc2cc(on2)CCCCCCCCNC(=O)[C@H](Cc2cccnc2)N(C)C(=O)[C@H]2C[C@H](O)CN2C1=O. The highest BCUT2D eigenvalue weighted by Crippen LogP contribution is 2.26. The van der Waals surface area contributed by atoms with Gasteiger partial charge in [-0.3, -0.25) is 24.2 Å². The molecule has 0 spiro atoms. The number of pyridine rings is 1. The van der Waals surface area contributed by atoms with Crippen LogP contribution in [-0.4, -0.2) is 93.0 Å². The molecule has 4 amide bonds. The lowest BCUT2D eigenvalue weighted by atomic mass is 10.0. The van der Waals surface area contributed by atoms with Crippen molar-refractivity contribution in [3.05, 3.63) is 77.2 Å². The summed E-state index contributed by atoms with van der Waals surface area (Å²) in [6.45, 7) is 4.04. The summed E-state index contributed by atoms with van der Waals surface area (Å²) in [7, 11) is 1.54. The molecule has 3 aromatic rings. The number of amides is 4. The molecule has 53 heavy (non-hydrogen) atoms. The number of ether oxygens (including phenoxy) is 1. The number of nitrogens with one attached hydrogen (secondary N) is 2. The van der Waals surface area contributed by atoms with Crippen molar-refractivity contribution in [1.82, 2.24) is 30.6 Å². The second-order valence-corrected chi connectivity index (χ2v) is 14.5. The van der Waals surface area contributed by atoms with Crippen LogP contribution in [0.4, 0.5) is 4.39 Å². The number of carbonyl (C=O) groups excluding carboxylic acids is 4. The van der Waals surface area contributed by atoms with E-state index in [9.17, 15) is 28.7 Å². The molecule has 0 unspecified atom stereocenters. The van der Waals surface area contributed by atoms with Gasteiger partial charge in [0.25, 0.3) is 5.91 Å². The van der Waals surface area contributed by atoms with Crippen LogP contribution in [0.3, 0.4) is 0 Å². The molecule has 4 heterocycles. The standard InChI is InChI=1S/C39H51FN6O7/c1-25(2)17-32-38(50)46-23-29(47)21-34(46)39(51)45(3)33(18-26-11-10-15-41-22-26)37(49)42-16-9-7-5-4-6-8-12-30-20-28(44-53-30)24-52-35-19-27(40)13-14-31(35)36(48)43-32/h10-11,13-15,19-20,22,25,29,32-34,47H,4-9,12,16-18,21,23-24H2,1-3H3,(H,42,49)(H,43,48)/t29-,32+,33-,34+/m0/s1. The molecule has 5 rings (SSSR count). The number of nitrogens with zero attached hydrogens (tertiary/aromatic N) is 4. The first-order chi connectivity index (χ1) is 25.5. The van der Waals surface area contributed by atoms with Gasteiger partial charge in [0.2, 0.25) is 17.7 Å². The van der Waals surface area contributed by atoms with Gasteiger partial charge < -0.3 is 34.8 Å². The Morgan fingerprint density at radius 3 is 2.55 bits per heavy atom. The first kappa shape index (κ1) is 39.4. The number of hydrogen-bond acceptors (Lipinski definition) is 9. The van der Waals surface area contributed by atoms with Crippen LogP contribution in [0.5, 0.6) is 5.75 Å². The van der Waals surface area contributed by atoms with Gasteiger partial charge in [0, 0.05) is 63.9 Å². The van der Waals surface area contributed by atoms with E-state index in [4.69, 9.17) is 9.26 Å². The maximum atomic E-state index is 14.4. The topological polar surface area (TPSA) is 167 Å². The second-order valence-electron chi connectivity index (χ2n) is 14.5. The zero-order valence-corrected chi connectivity index (χ0v) is 30.8. The molecule has 2 aliphatic heterocycles. The number of aromatic nitrogens is 2. The number of aliphatic hydroxyl groups is 1. The second kappa shape index (κ2) is 18.8. The summed E-state index contributed by atoms with van der Waals surface area (Å²) in [5, 5.41) is 20.6. The van der Waals surface area contributed by atoms with Crippen LogP contribution >= 0.6 is 0 Å². The lowest BCUT2D eigenvalue weighted by Crippen LogP contribution is -2.57. The Labute approximate surface area is 309 Å². The Hall–Kier alpha value is -4.85. The number of fused-ring (bicyclic) bond motifs is 4. The minimum atomic E-state index is -1.09. The summed E-state index contributed by atoms with van der Waals surface area (Å²) in [6.07, 6.45) is 9.00. The Morgan fingerprint density at radius 2 is 1.79 bits per heavy atom. The molecule has 1 saturated heterocycles. The molecule has 2 bridgehead atoms. The van der Waals surface area contributed by atoms with Crippen LogP contribution in [0, 0.1) is 11.7 Å². The van der Waals surface area contributed by atoms with Crippen LogP contribution in [0.1, 0.15) is 92.6 Å². The normalized spacial score (nSPS) is 23.2. The van der Waals surface area contributed by atoms with Gasteiger partial charge in [-0.05, 0) is 48.9 Å². The number of aliphatic hydroxyl groups excluding tert-OH is 1. The Bertz CT molecular complexity index is 1700. The molecule has 1 fully saturated rings. The Morgan fingerprint density at radius 1 is 1.02 bits per heavy atom. The summed E-state index contributed by atoms with van der Waals surface area (Å²) in [5.41, 5.74) is 1.26. The van der Waals surface area contributed by atoms with E-state index in [0.717, 1.165) is 56.2 Å². The fraction of sp³-hybridized carbons (Fsp3) is 0.538. The number of hydrogen-bond donors (Lipinski definition) is 3. The highest BCUT2D eigenvalue weighted by molar-refractivity contribution is 6.00. The molecule has 14 heteroatoms. The van der Waals surface area contributed by atoms with Crippen molar-refractivity contribution in [3.63, 3.8) is 0 Å². The molecule has 0 aliphatic carbocycles. The fourth-order valence-corrected chi connectivity index (χ4v) is 6.91. The monoisotopic (exact) mass is 734 g/mol. The molecular weight excluding hydrogens is 683 g/mol. The summed E-state index contributed by atoms with van der Waals surface area (Å²) >= 11 is 0. The van der Waals surface area contributed by atoms with Crippen molar-refractivity contribution in [2.45, 2.75) is 109 Å². The lowest BCUT2D eigenvalue weighted by molar-refractivity contribution is -0.147. The molecule has 4 atom stereocenters. The molecule has 3 N–H and O–H groups in total. The highest BCUT2D eigenvalue weighted by atomic mass is 19.1. The smallest absolute Gasteiger partial charge is 0.255 e. The van der Waals surface area contributed by atoms with Crippen LogP contribution in [-0.2, 0) is 33.8 Å². The van der Waals surface area contributed by atoms with Gasteiger partial charge in [0.15, 0.2) is 0 Å². The van der Waals surface area contributed by atoms with E-state index in [1.54, 1.807) is 24.5 Å². The average Bonchev–Trinajstić information content (AvgIpc) is 3.76. The Balaban J connectivity index is 1.43. The van der Waals surface area contributed by atoms with Crippen LogP contribution in [0.25, 0.3) is 0 Å². The van der Waals surface area contributed by atoms with Gasteiger partial charge in [-0.15, -0.1) is 0 Å². The van der Waals surface area contributed by atoms with E-state index < -0.39 is 47.8 Å². The van der Waals surface area contributed by atoms with Crippen molar-refractivity contribution in [2.75, 3.05) is 20.1 Å². The molecular formula is C39H51FN6O7. The van der Waals surface area contributed by atoms with Crippen molar-refractivity contribution in [1.29, 1.82) is 0 Å². The number of carbonyl (C=O) groups is 4. The third-order valence-corrected chi connectivity index (χ3v) is 9.75. The van der Waals surface area contributed by atoms with Crippen molar-refractivity contribution >= 4 is 23.6 Å². The average molecular weight is 735 g/mol. The first-order valence-corrected chi connectivity index (χ1v) is 18.6. The zero-order chi connectivity index (χ0) is 37.9. The molecule has 2 aliphatic rings. The van der Waals surface area contributed by atoms with E-state index in [1.165, 1.54) is 22.9 Å². The van der Waals surface area contributed by atoms with E-state index in [0.29, 0.717) is 24.4 Å². The number of rotatable bonds is 4. The van der Waals surface area contributed by atoms with E-state index in [-0.39, 0.29) is 55.6 Å². The van der Waals surface area contributed by atoms with Gasteiger partial charge in [-0.1, -0.05) is 50.8 Å². The first-order valence-electron chi connectivity index (χ1n) is 18.6. The van der Waals surface area contributed by atoms with Crippen molar-refractivity contribution in [3.8, 4) is 5.75 Å². The minimum Gasteiger partial charge on any atom is -0.486 e. The predicted octanol–water partition coefficient (Wildman–Crippen LogP) is 3.98. The third kappa shape index (κ3) is 10.8. The third-order valence-electron chi connectivity index (χ3n) is 9.75. The largest absolute Gasteiger partial charge is 0.486 e. The number of halogens is 1. The maximum Gasteiger partial charge on any atom is 0.255 e. The Kier molecular flexibility index (Phi) is 13.9. The summed E-state index contributed by atoms with van der Waals surface area (Å²) in [6, 6.07) is 5.84. The van der Waals surface area contributed by atoms with Crippen LogP contribution < -0.4 is 15.4 Å². The number of aryl methyl sites for hydroxylation is 1. The predicted molar refractivity (Wildman–Crippen MR) is 193 cm³/mol. The fourth-order valence-electron chi connectivity index (χ4n) is 6.91. The van der Waals surface area contributed by atoms with E-state index >= 15 is 0 Å². The van der Waals surface area contributed by atoms with Gasteiger partial charge in [0.1, 0.15) is 47.8 Å². The molecule has 13 nitrogen and oxygen atoms in total. The molecule has 1 aromatic carbocycles. The van der Waals surface area contributed by atoms with Gasteiger partial charge in [-0.25, -0.2) is 4.39 Å². The lowest BCUT2D eigenvalue weighted by Gasteiger charge is -2.34. The van der Waals surface area contributed by atoms with Gasteiger partial charge >= 0.3 is 0 Å². The maximum absolute atomic E-state index is 14.4. The van der Waals surface area contributed by atoms with Crippen LogP contribution in [0.2, 0.25) is 0 Å². The molecule has 286 valence electrons. The van der Waals surface area contributed by atoms with Crippen LogP contribution in [0.15, 0.2) is 53.3 Å². The quantitative estimate of drug-likeness (QED) is 0.360. The number of likely N-dealkylation sites (N-methyl/N-ethyl adjacent to an activating group) is 1. The summed E-state index contributed by atoms with van der Waals surface area (Å²) in [4.78, 5) is 62.8. The van der Waals surface area contributed by atoms with Gasteiger partial charge in [0.05, 0.1) is 11.7 Å². The summed E-state index contributed by atoms with van der Waals surface area (Å²) < 4.78 is 25.8. The molecule has 0 saturated carbocycles. The minimum absolute atomic E-state index is 0.0104. The number of benzene rings is 1. The molecule has 0 radical (unpaired) electrons. The highest BCUT2D eigenvalue weighted by Gasteiger charge is 2.44. The summed E-state index contributed by atoms with van der Waals surface area (Å²) in [5.74, 6) is -2.04. The van der Waals surface area contributed by atoms with E-state index in [1.807, 2.05) is 19.9 Å².